The highest BCUT2D eigenvalue weighted by molar-refractivity contribution is 7.89. The Bertz CT molecular complexity index is 1630. The van der Waals surface area contributed by atoms with Crippen LogP contribution in [0.1, 0.15) is 49.4 Å². The van der Waals surface area contributed by atoms with Crippen molar-refractivity contribution in [3.05, 3.63) is 76.9 Å². The first-order valence-corrected chi connectivity index (χ1v) is 13.9. The number of urea groups is 1. The van der Waals surface area contributed by atoms with E-state index >= 15 is 0 Å². The van der Waals surface area contributed by atoms with E-state index in [9.17, 15) is 52.7 Å². The van der Waals surface area contributed by atoms with Gasteiger partial charge in [-0.25, -0.2) is 18.4 Å². The summed E-state index contributed by atoms with van der Waals surface area (Å²) in [6.45, 7) is 5.47. The van der Waals surface area contributed by atoms with Crippen LogP contribution in [0.2, 0.25) is 0 Å². The Morgan fingerprint density at radius 3 is 1.70 bits per heavy atom. The summed E-state index contributed by atoms with van der Waals surface area (Å²) in [7, 11) is -4.47. The minimum atomic E-state index is -5.24. The average Bonchev–Trinajstić information content (AvgIpc) is 2.87. The predicted octanol–water partition coefficient (Wildman–Crippen LogP) is 8.51. The first-order chi connectivity index (χ1) is 19.9. The zero-order valence-corrected chi connectivity index (χ0v) is 23.7. The molecule has 240 valence electrons. The largest absolute Gasteiger partial charge is 0.454 e. The summed E-state index contributed by atoms with van der Waals surface area (Å²) in [6, 6.07) is 4.17. The molecule has 0 atom stereocenters. The lowest BCUT2D eigenvalue weighted by Crippen LogP contribution is -2.22. The van der Waals surface area contributed by atoms with E-state index in [1.807, 2.05) is 26.1 Å². The van der Waals surface area contributed by atoms with E-state index in [1.54, 1.807) is 5.32 Å². The number of alkyl halides is 9. The Kier molecular flexibility index (Phi) is 9.28. The van der Waals surface area contributed by atoms with E-state index < -0.39 is 84.5 Å². The van der Waals surface area contributed by atoms with Gasteiger partial charge in [-0.15, -0.1) is 0 Å². The van der Waals surface area contributed by atoms with E-state index in [2.05, 4.69) is 0 Å². The molecule has 0 unspecified atom stereocenters. The summed E-state index contributed by atoms with van der Waals surface area (Å²) >= 11 is 0. The number of ether oxygens (including phenoxy) is 1. The van der Waals surface area contributed by atoms with Gasteiger partial charge in [-0.2, -0.15) is 39.5 Å². The van der Waals surface area contributed by atoms with Crippen molar-refractivity contribution >= 4 is 27.4 Å². The summed E-state index contributed by atoms with van der Waals surface area (Å²) in [5.74, 6) is -1.01. The van der Waals surface area contributed by atoms with Crippen LogP contribution in [0.25, 0.3) is 0 Å². The number of carbonyl (C=O) groups is 1. The first kappa shape index (κ1) is 34.5. The standard InChI is InChI=1S/C27H24F9N3O4S/c1-4-24(2,3)14-5-8-21(22(13-14)44(37,41)42)43-20-7-6-15(25(28,29)30)12-19(20)39-23(40)38-18-10-16(26(31,32)33)9-17(11-18)27(34,35)36/h5-13H,4H2,1-3H3,(H2,37,41,42)(H2,38,39,40). The lowest BCUT2D eigenvalue weighted by atomic mass is 9.82. The van der Waals surface area contributed by atoms with Gasteiger partial charge in [-0.3, -0.25) is 0 Å². The number of rotatable bonds is 7. The Morgan fingerprint density at radius 2 is 1.23 bits per heavy atom. The molecule has 0 heterocycles. The zero-order chi connectivity index (χ0) is 33.5. The van der Waals surface area contributed by atoms with E-state index in [0.29, 0.717) is 24.1 Å². The lowest BCUT2D eigenvalue weighted by molar-refractivity contribution is -0.143. The smallest absolute Gasteiger partial charge is 0.416 e. The molecule has 4 N–H and O–H groups in total. The zero-order valence-electron chi connectivity index (χ0n) is 22.9. The van der Waals surface area contributed by atoms with Crippen molar-refractivity contribution in [2.24, 2.45) is 5.14 Å². The molecule has 0 aliphatic heterocycles. The molecule has 0 bridgehead atoms. The number of carbonyl (C=O) groups excluding carboxylic acids is 1. The molecule has 0 saturated heterocycles. The lowest BCUT2D eigenvalue weighted by Gasteiger charge is -2.24. The van der Waals surface area contributed by atoms with Gasteiger partial charge in [0.05, 0.1) is 22.4 Å². The third-order valence-corrected chi connectivity index (χ3v) is 7.47. The van der Waals surface area contributed by atoms with Gasteiger partial charge < -0.3 is 15.4 Å². The van der Waals surface area contributed by atoms with Crippen molar-refractivity contribution in [2.75, 3.05) is 10.6 Å². The number of sulfonamides is 1. The molecule has 0 aromatic heterocycles. The van der Waals surface area contributed by atoms with Crippen LogP contribution in [0.4, 0.5) is 55.7 Å². The summed E-state index contributed by atoms with van der Waals surface area (Å²) in [4.78, 5) is 12.1. The Morgan fingerprint density at radius 1 is 0.727 bits per heavy atom. The Hall–Kier alpha value is -3.99. The van der Waals surface area contributed by atoms with Gasteiger partial charge in [0, 0.05) is 5.69 Å². The molecule has 0 radical (unpaired) electrons. The number of hydrogen-bond donors (Lipinski definition) is 3. The molecule has 0 spiro atoms. The van der Waals surface area contributed by atoms with Crippen LogP contribution in [0, 0.1) is 0 Å². The first-order valence-electron chi connectivity index (χ1n) is 12.4. The quantitative estimate of drug-likeness (QED) is 0.221. The number of amides is 2. The summed E-state index contributed by atoms with van der Waals surface area (Å²) in [5, 5.41) is 8.96. The fourth-order valence-electron chi connectivity index (χ4n) is 3.76. The fourth-order valence-corrected chi connectivity index (χ4v) is 4.44. The Labute approximate surface area is 245 Å². The molecule has 7 nitrogen and oxygen atoms in total. The second-order valence-electron chi connectivity index (χ2n) is 10.1. The van der Waals surface area contributed by atoms with Gasteiger partial charge in [0.25, 0.3) is 0 Å². The maximum atomic E-state index is 13.5. The number of nitrogens with two attached hydrogens (primary N) is 1. The van der Waals surface area contributed by atoms with Gasteiger partial charge >= 0.3 is 24.6 Å². The molecule has 0 saturated carbocycles. The van der Waals surface area contributed by atoms with Crippen molar-refractivity contribution in [3.8, 4) is 11.5 Å². The third kappa shape index (κ3) is 8.34. The monoisotopic (exact) mass is 657 g/mol. The Balaban J connectivity index is 2.06. The summed E-state index contributed by atoms with van der Waals surface area (Å²) < 4.78 is 150. The third-order valence-electron chi connectivity index (χ3n) is 6.54. The molecule has 17 heteroatoms. The second kappa shape index (κ2) is 11.8. The molecule has 2 amide bonds. The van der Waals surface area contributed by atoms with Gasteiger partial charge in [-0.05, 0) is 65.9 Å². The van der Waals surface area contributed by atoms with Crippen LogP contribution in [-0.2, 0) is 34.0 Å². The fraction of sp³-hybridized carbons (Fsp3) is 0.296. The number of hydrogen-bond acceptors (Lipinski definition) is 4. The van der Waals surface area contributed by atoms with Crippen molar-refractivity contribution in [2.45, 2.75) is 56.0 Å². The highest BCUT2D eigenvalue weighted by atomic mass is 32.2. The number of anilines is 2. The number of nitrogens with one attached hydrogen (secondary N) is 2. The van der Waals surface area contributed by atoms with Crippen molar-refractivity contribution in [1.82, 2.24) is 0 Å². The summed E-state index contributed by atoms with van der Waals surface area (Å²) in [5.41, 5.74) is -6.58. The van der Waals surface area contributed by atoms with Crippen LogP contribution in [-0.4, -0.2) is 14.4 Å². The molecule has 0 aliphatic rings. The van der Waals surface area contributed by atoms with Gasteiger partial charge in [0.15, 0.2) is 5.75 Å². The van der Waals surface area contributed by atoms with Crippen LogP contribution in [0.15, 0.2) is 59.5 Å². The normalized spacial score (nSPS) is 13.0. The van der Waals surface area contributed by atoms with E-state index in [0.717, 1.165) is 6.07 Å². The topological polar surface area (TPSA) is 111 Å². The molecule has 44 heavy (non-hydrogen) atoms. The molecule has 3 aromatic carbocycles. The SMILES string of the molecule is CCC(C)(C)c1ccc(Oc2ccc(C(F)(F)F)cc2NC(=O)Nc2cc(C(F)(F)F)cc(C(F)(F)F)c2)c(S(N)(=O)=O)c1. The van der Waals surface area contributed by atoms with Crippen LogP contribution in [0.5, 0.6) is 11.5 Å². The van der Waals surface area contributed by atoms with Crippen molar-refractivity contribution in [3.63, 3.8) is 0 Å². The van der Waals surface area contributed by atoms with Gasteiger partial charge in [0.2, 0.25) is 10.0 Å². The number of benzene rings is 3. The van der Waals surface area contributed by atoms with Crippen LogP contribution < -0.4 is 20.5 Å². The molecule has 3 rings (SSSR count). The molecular formula is C27H24F9N3O4S. The molecule has 0 aliphatic carbocycles. The van der Waals surface area contributed by atoms with Gasteiger partial charge in [0.1, 0.15) is 10.6 Å². The van der Waals surface area contributed by atoms with Crippen LogP contribution >= 0.6 is 0 Å². The number of halogens is 9. The second-order valence-corrected chi connectivity index (χ2v) is 11.7. The highest BCUT2D eigenvalue weighted by Gasteiger charge is 2.37. The minimum Gasteiger partial charge on any atom is -0.454 e. The van der Waals surface area contributed by atoms with E-state index in [4.69, 9.17) is 9.88 Å². The highest BCUT2D eigenvalue weighted by Crippen LogP contribution is 2.41. The molecule has 3 aromatic rings. The molecule has 0 fully saturated rings. The summed E-state index contributed by atoms with van der Waals surface area (Å²) in [6.07, 6.45) is -14.9. The maximum absolute atomic E-state index is 13.5. The van der Waals surface area contributed by atoms with Crippen molar-refractivity contribution in [1.29, 1.82) is 0 Å². The van der Waals surface area contributed by atoms with E-state index in [1.165, 1.54) is 18.2 Å². The number of primary sulfonamides is 1. The van der Waals surface area contributed by atoms with Crippen LogP contribution in [0.3, 0.4) is 0 Å². The predicted molar refractivity (Wildman–Crippen MR) is 142 cm³/mol. The minimum absolute atomic E-state index is 0.183. The maximum Gasteiger partial charge on any atom is 0.416 e. The van der Waals surface area contributed by atoms with E-state index in [-0.39, 0.29) is 18.2 Å². The molecular weight excluding hydrogens is 633 g/mol. The average molecular weight is 658 g/mol. The van der Waals surface area contributed by atoms with Gasteiger partial charge in [-0.1, -0.05) is 26.8 Å². The van der Waals surface area contributed by atoms with Crippen molar-refractivity contribution < 1.29 is 57.5 Å².